The van der Waals surface area contributed by atoms with Crippen molar-refractivity contribution in [3.63, 3.8) is 0 Å². The third-order valence-electron chi connectivity index (χ3n) is 4.51. The molecule has 27 heavy (non-hydrogen) atoms. The number of carbonyl (C=O) groups is 1. The standard InChI is InChI=1S/C22H19BrN2OS/c1-15-6-5-9-17(10-15)14-25-18-12-21(23)27-20(18)11-19(25)22(26)24-13-16-7-3-2-4-8-16/h2-12H,13-14H2,1H3,(H,24,26). The third-order valence-corrected chi connectivity index (χ3v) is 6.09. The van der Waals surface area contributed by atoms with Gasteiger partial charge in [-0.05, 0) is 46.1 Å². The molecule has 3 nitrogen and oxygen atoms in total. The number of nitrogens with zero attached hydrogens (tertiary/aromatic N) is 1. The molecule has 2 heterocycles. The van der Waals surface area contributed by atoms with Crippen molar-refractivity contribution in [1.29, 1.82) is 0 Å². The van der Waals surface area contributed by atoms with Crippen molar-refractivity contribution in [3.8, 4) is 0 Å². The Kier molecular flexibility index (Phi) is 5.14. The third kappa shape index (κ3) is 3.99. The van der Waals surface area contributed by atoms with Crippen LogP contribution in [0.1, 0.15) is 27.2 Å². The largest absolute Gasteiger partial charge is 0.347 e. The maximum Gasteiger partial charge on any atom is 0.268 e. The summed E-state index contributed by atoms with van der Waals surface area (Å²) >= 11 is 5.21. The number of nitrogens with one attached hydrogen (secondary N) is 1. The van der Waals surface area contributed by atoms with Gasteiger partial charge in [-0.2, -0.15) is 0 Å². The van der Waals surface area contributed by atoms with E-state index >= 15 is 0 Å². The molecule has 4 aromatic rings. The van der Waals surface area contributed by atoms with Gasteiger partial charge in [0.1, 0.15) is 5.69 Å². The van der Waals surface area contributed by atoms with Gasteiger partial charge in [0.05, 0.1) is 14.0 Å². The summed E-state index contributed by atoms with van der Waals surface area (Å²) < 4.78 is 4.28. The summed E-state index contributed by atoms with van der Waals surface area (Å²) in [6.07, 6.45) is 0. The Bertz CT molecular complexity index is 1100. The van der Waals surface area contributed by atoms with Crippen LogP contribution < -0.4 is 5.32 Å². The number of thiophene rings is 1. The molecule has 136 valence electrons. The van der Waals surface area contributed by atoms with Crippen LogP contribution in [-0.4, -0.2) is 10.5 Å². The summed E-state index contributed by atoms with van der Waals surface area (Å²) in [6.45, 7) is 3.28. The molecule has 1 N–H and O–H groups in total. The molecule has 0 saturated carbocycles. The lowest BCUT2D eigenvalue weighted by molar-refractivity contribution is 0.0942. The van der Waals surface area contributed by atoms with E-state index in [1.54, 1.807) is 11.3 Å². The van der Waals surface area contributed by atoms with Crippen LogP contribution >= 0.6 is 27.3 Å². The van der Waals surface area contributed by atoms with E-state index in [4.69, 9.17) is 0 Å². The van der Waals surface area contributed by atoms with E-state index in [1.807, 2.05) is 36.4 Å². The highest BCUT2D eigenvalue weighted by Crippen LogP contribution is 2.33. The average Bonchev–Trinajstić information content (AvgIpc) is 3.18. The fraction of sp³-hybridized carbons (Fsp3) is 0.136. The van der Waals surface area contributed by atoms with Gasteiger partial charge in [0.25, 0.3) is 5.91 Å². The highest BCUT2D eigenvalue weighted by molar-refractivity contribution is 9.11. The number of fused-ring (bicyclic) bond motifs is 1. The molecule has 0 saturated heterocycles. The molecule has 0 unspecified atom stereocenters. The van der Waals surface area contributed by atoms with E-state index in [0.717, 1.165) is 19.6 Å². The van der Waals surface area contributed by atoms with Gasteiger partial charge in [0.15, 0.2) is 0 Å². The minimum absolute atomic E-state index is 0.0500. The molecule has 0 aliphatic heterocycles. The van der Waals surface area contributed by atoms with E-state index in [0.29, 0.717) is 18.8 Å². The second-order valence-electron chi connectivity index (χ2n) is 6.57. The predicted molar refractivity (Wildman–Crippen MR) is 115 cm³/mol. The lowest BCUT2D eigenvalue weighted by atomic mass is 10.1. The zero-order valence-corrected chi connectivity index (χ0v) is 17.3. The smallest absolute Gasteiger partial charge is 0.268 e. The van der Waals surface area contributed by atoms with E-state index in [-0.39, 0.29) is 5.91 Å². The summed E-state index contributed by atoms with van der Waals surface area (Å²) in [7, 11) is 0. The molecule has 0 aliphatic carbocycles. The van der Waals surface area contributed by atoms with Crippen LogP contribution in [0.3, 0.4) is 0 Å². The first kappa shape index (κ1) is 18.0. The number of aromatic nitrogens is 1. The van der Waals surface area contributed by atoms with Gasteiger partial charge < -0.3 is 9.88 Å². The maximum atomic E-state index is 12.9. The zero-order valence-electron chi connectivity index (χ0n) is 14.9. The minimum Gasteiger partial charge on any atom is -0.347 e. The van der Waals surface area contributed by atoms with E-state index in [1.165, 1.54) is 11.1 Å². The van der Waals surface area contributed by atoms with Crippen molar-refractivity contribution in [1.82, 2.24) is 9.88 Å². The van der Waals surface area contributed by atoms with Gasteiger partial charge in [-0.3, -0.25) is 4.79 Å². The van der Waals surface area contributed by atoms with Gasteiger partial charge in [-0.1, -0.05) is 60.2 Å². The van der Waals surface area contributed by atoms with Crippen molar-refractivity contribution in [2.45, 2.75) is 20.0 Å². The topological polar surface area (TPSA) is 34.0 Å². The zero-order chi connectivity index (χ0) is 18.8. The molecule has 0 spiro atoms. The van der Waals surface area contributed by atoms with Gasteiger partial charge in [-0.15, -0.1) is 11.3 Å². The van der Waals surface area contributed by atoms with Crippen LogP contribution in [0, 0.1) is 6.92 Å². The number of halogens is 1. The SMILES string of the molecule is Cc1cccc(Cn2c(C(=O)NCc3ccccc3)cc3sc(Br)cc32)c1. The van der Waals surface area contributed by atoms with Crippen LogP contribution in [0.25, 0.3) is 10.2 Å². The quantitative estimate of drug-likeness (QED) is 0.422. The van der Waals surface area contributed by atoms with Gasteiger partial charge >= 0.3 is 0 Å². The van der Waals surface area contributed by atoms with E-state index < -0.39 is 0 Å². The molecule has 1 amide bonds. The molecule has 0 radical (unpaired) electrons. The molecule has 2 aromatic carbocycles. The Hall–Kier alpha value is -2.37. The first-order valence-electron chi connectivity index (χ1n) is 8.76. The van der Waals surface area contributed by atoms with Crippen LogP contribution in [0.4, 0.5) is 0 Å². The summed E-state index contributed by atoms with van der Waals surface area (Å²) in [5, 5.41) is 3.05. The number of amides is 1. The Morgan fingerprint density at radius 1 is 1.04 bits per heavy atom. The first-order valence-corrected chi connectivity index (χ1v) is 10.4. The Morgan fingerprint density at radius 3 is 2.59 bits per heavy atom. The highest BCUT2D eigenvalue weighted by atomic mass is 79.9. The first-order chi connectivity index (χ1) is 13.1. The van der Waals surface area contributed by atoms with Crippen LogP contribution in [0.2, 0.25) is 0 Å². The van der Waals surface area contributed by atoms with Crippen LogP contribution in [-0.2, 0) is 13.1 Å². The summed E-state index contributed by atoms with van der Waals surface area (Å²) in [4.78, 5) is 12.9. The van der Waals surface area contributed by atoms with Crippen molar-refractivity contribution in [3.05, 3.63) is 92.9 Å². The average molecular weight is 439 g/mol. The number of benzene rings is 2. The fourth-order valence-electron chi connectivity index (χ4n) is 3.23. The van der Waals surface area contributed by atoms with Gasteiger partial charge in [-0.25, -0.2) is 0 Å². The minimum atomic E-state index is -0.0500. The molecule has 0 bridgehead atoms. The Morgan fingerprint density at radius 2 is 1.81 bits per heavy atom. The van der Waals surface area contributed by atoms with Gasteiger partial charge in [0, 0.05) is 13.1 Å². The molecule has 0 fully saturated rings. The van der Waals surface area contributed by atoms with Crippen LogP contribution in [0.5, 0.6) is 0 Å². The predicted octanol–water partition coefficient (Wildman–Crippen LogP) is 5.75. The lowest BCUT2D eigenvalue weighted by Crippen LogP contribution is -2.25. The van der Waals surface area contributed by atoms with Crippen molar-refractivity contribution in [2.75, 3.05) is 0 Å². The lowest BCUT2D eigenvalue weighted by Gasteiger charge is -2.12. The molecule has 5 heteroatoms. The number of hydrogen-bond donors (Lipinski definition) is 1. The molecular formula is C22H19BrN2OS. The normalized spacial score (nSPS) is 11.0. The Balaban J connectivity index is 1.65. The molecule has 0 atom stereocenters. The molecule has 2 aromatic heterocycles. The molecule has 4 rings (SSSR count). The van der Waals surface area contributed by atoms with Crippen molar-refractivity contribution < 1.29 is 4.79 Å². The number of hydrogen-bond acceptors (Lipinski definition) is 2. The summed E-state index contributed by atoms with van der Waals surface area (Å²) in [5.74, 6) is -0.0500. The monoisotopic (exact) mass is 438 g/mol. The summed E-state index contributed by atoms with van der Waals surface area (Å²) in [5.41, 5.74) is 5.27. The second kappa shape index (κ2) is 7.71. The molecular weight excluding hydrogens is 420 g/mol. The maximum absolute atomic E-state index is 12.9. The Labute approximate surface area is 170 Å². The highest BCUT2D eigenvalue weighted by Gasteiger charge is 2.18. The van der Waals surface area contributed by atoms with Crippen molar-refractivity contribution >= 4 is 43.4 Å². The molecule has 0 aliphatic rings. The van der Waals surface area contributed by atoms with E-state index in [2.05, 4.69) is 63.1 Å². The van der Waals surface area contributed by atoms with Gasteiger partial charge in [0.2, 0.25) is 0 Å². The number of aryl methyl sites for hydroxylation is 1. The fourth-order valence-corrected chi connectivity index (χ4v) is 4.80. The van der Waals surface area contributed by atoms with E-state index in [9.17, 15) is 4.79 Å². The summed E-state index contributed by atoms with van der Waals surface area (Å²) in [6, 6.07) is 22.5. The van der Waals surface area contributed by atoms with Crippen molar-refractivity contribution in [2.24, 2.45) is 0 Å². The number of carbonyl (C=O) groups excluding carboxylic acids is 1. The second-order valence-corrected chi connectivity index (χ2v) is 9.04. The number of rotatable bonds is 5. The van der Waals surface area contributed by atoms with Crippen LogP contribution in [0.15, 0.2) is 70.5 Å².